The van der Waals surface area contributed by atoms with Gasteiger partial charge in [-0.05, 0) is 24.3 Å². The first kappa shape index (κ1) is 16.8. The average Bonchev–Trinajstić information content (AvgIpc) is 3.22. The van der Waals surface area contributed by atoms with Crippen LogP contribution >= 0.6 is 11.3 Å². The average molecular weight is 360 g/mol. The van der Waals surface area contributed by atoms with Gasteiger partial charge in [0.1, 0.15) is 18.2 Å². The number of anilines is 1. The quantitative estimate of drug-likeness (QED) is 0.699. The normalized spacial score (nSPS) is 10.5. The molecule has 0 unspecified atom stereocenters. The van der Waals surface area contributed by atoms with E-state index in [4.69, 9.17) is 9.15 Å². The SMILES string of the molecule is CC(=O)Nc1nc(COC(=O)c2ccc(-c3ccccc3F)o2)cs1. The third-order valence-electron chi connectivity index (χ3n) is 3.13. The summed E-state index contributed by atoms with van der Waals surface area (Å²) < 4.78 is 24.2. The lowest BCUT2D eigenvalue weighted by molar-refractivity contribution is -0.114. The largest absolute Gasteiger partial charge is 0.453 e. The summed E-state index contributed by atoms with van der Waals surface area (Å²) in [6.45, 7) is 1.32. The van der Waals surface area contributed by atoms with Crippen molar-refractivity contribution in [2.45, 2.75) is 13.5 Å². The van der Waals surface area contributed by atoms with Gasteiger partial charge in [0.15, 0.2) is 5.13 Å². The molecule has 0 atom stereocenters. The summed E-state index contributed by atoms with van der Waals surface area (Å²) in [4.78, 5) is 27.1. The third-order valence-corrected chi connectivity index (χ3v) is 3.94. The van der Waals surface area contributed by atoms with Gasteiger partial charge in [-0.25, -0.2) is 14.2 Å². The summed E-state index contributed by atoms with van der Waals surface area (Å²) >= 11 is 1.23. The van der Waals surface area contributed by atoms with Crippen molar-refractivity contribution in [3.63, 3.8) is 0 Å². The van der Waals surface area contributed by atoms with Gasteiger partial charge < -0.3 is 14.5 Å². The molecule has 2 heterocycles. The second kappa shape index (κ2) is 7.27. The van der Waals surface area contributed by atoms with Crippen molar-refractivity contribution >= 4 is 28.3 Å². The highest BCUT2D eigenvalue weighted by molar-refractivity contribution is 7.13. The first-order valence-electron chi connectivity index (χ1n) is 7.27. The molecule has 2 aromatic heterocycles. The maximum Gasteiger partial charge on any atom is 0.374 e. The summed E-state index contributed by atoms with van der Waals surface area (Å²) in [6.07, 6.45) is 0. The molecule has 8 heteroatoms. The van der Waals surface area contributed by atoms with Crippen molar-refractivity contribution in [2.75, 3.05) is 5.32 Å². The van der Waals surface area contributed by atoms with Crippen LogP contribution in [0.15, 0.2) is 46.2 Å². The van der Waals surface area contributed by atoms with Crippen LogP contribution in [-0.4, -0.2) is 16.9 Å². The van der Waals surface area contributed by atoms with Crippen LogP contribution in [0.4, 0.5) is 9.52 Å². The number of halogens is 1. The number of hydrogen-bond acceptors (Lipinski definition) is 6. The Morgan fingerprint density at radius 3 is 2.84 bits per heavy atom. The maximum atomic E-state index is 13.7. The highest BCUT2D eigenvalue weighted by Gasteiger charge is 2.16. The minimum atomic E-state index is -0.684. The Bertz CT molecular complexity index is 919. The Morgan fingerprint density at radius 1 is 1.28 bits per heavy atom. The summed E-state index contributed by atoms with van der Waals surface area (Å²) in [5.41, 5.74) is 0.768. The van der Waals surface area contributed by atoms with E-state index in [0.717, 1.165) is 0 Å². The fourth-order valence-electron chi connectivity index (χ4n) is 2.05. The Morgan fingerprint density at radius 2 is 2.08 bits per heavy atom. The molecule has 0 fully saturated rings. The molecule has 0 spiro atoms. The van der Waals surface area contributed by atoms with Crippen molar-refractivity contribution < 1.29 is 23.1 Å². The van der Waals surface area contributed by atoms with Gasteiger partial charge in [-0.3, -0.25) is 4.79 Å². The van der Waals surface area contributed by atoms with E-state index in [-0.39, 0.29) is 29.6 Å². The molecular formula is C17H13FN2O4S. The number of amides is 1. The molecule has 6 nitrogen and oxygen atoms in total. The molecule has 128 valence electrons. The molecule has 0 aliphatic heterocycles. The van der Waals surface area contributed by atoms with Crippen LogP contribution in [0, 0.1) is 5.82 Å². The highest BCUT2D eigenvalue weighted by atomic mass is 32.1. The number of furan rings is 1. The molecule has 3 aromatic rings. The number of nitrogens with one attached hydrogen (secondary N) is 1. The van der Waals surface area contributed by atoms with E-state index in [1.54, 1.807) is 23.6 Å². The van der Waals surface area contributed by atoms with E-state index >= 15 is 0 Å². The molecule has 3 rings (SSSR count). The Balaban J connectivity index is 1.63. The molecule has 1 N–H and O–H groups in total. The van der Waals surface area contributed by atoms with Crippen molar-refractivity contribution in [2.24, 2.45) is 0 Å². The third kappa shape index (κ3) is 4.10. The molecular weight excluding hydrogens is 347 g/mol. The fraction of sp³-hybridized carbons (Fsp3) is 0.118. The minimum Gasteiger partial charge on any atom is -0.453 e. The standard InChI is InChI=1S/C17H13FN2O4S/c1-10(21)19-17-20-11(9-25-17)8-23-16(22)15-7-6-14(24-15)12-4-2-3-5-13(12)18/h2-7,9H,8H2,1H3,(H,19,20,21). The van der Waals surface area contributed by atoms with Gasteiger partial charge in [-0.15, -0.1) is 11.3 Å². The number of carbonyl (C=O) groups excluding carboxylic acids is 2. The lowest BCUT2D eigenvalue weighted by Gasteiger charge is -2.01. The van der Waals surface area contributed by atoms with E-state index in [1.165, 1.54) is 36.5 Å². The van der Waals surface area contributed by atoms with Crippen LogP contribution in [0.3, 0.4) is 0 Å². The zero-order chi connectivity index (χ0) is 17.8. The molecule has 0 saturated carbocycles. The van der Waals surface area contributed by atoms with Crippen LogP contribution in [0.5, 0.6) is 0 Å². The van der Waals surface area contributed by atoms with Gasteiger partial charge in [-0.2, -0.15) is 0 Å². The number of benzene rings is 1. The second-order valence-corrected chi connectivity index (χ2v) is 5.90. The van der Waals surface area contributed by atoms with E-state index in [0.29, 0.717) is 10.8 Å². The number of hydrogen-bond donors (Lipinski definition) is 1. The number of esters is 1. The second-order valence-electron chi connectivity index (χ2n) is 5.05. The lowest BCUT2D eigenvalue weighted by atomic mass is 10.1. The van der Waals surface area contributed by atoms with Crippen molar-refractivity contribution in [3.05, 3.63) is 59.0 Å². The van der Waals surface area contributed by atoms with E-state index in [9.17, 15) is 14.0 Å². The molecule has 0 radical (unpaired) electrons. The van der Waals surface area contributed by atoms with E-state index < -0.39 is 11.8 Å². The van der Waals surface area contributed by atoms with Gasteiger partial charge in [0.2, 0.25) is 11.7 Å². The van der Waals surface area contributed by atoms with Crippen molar-refractivity contribution in [1.29, 1.82) is 0 Å². The monoisotopic (exact) mass is 360 g/mol. The Kier molecular flexibility index (Phi) is 4.90. The van der Waals surface area contributed by atoms with Gasteiger partial charge >= 0.3 is 5.97 Å². The number of thiazole rings is 1. The number of nitrogens with zero attached hydrogens (tertiary/aromatic N) is 1. The zero-order valence-corrected chi connectivity index (χ0v) is 13.9. The topological polar surface area (TPSA) is 81.4 Å². The van der Waals surface area contributed by atoms with Crippen LogP contribution in [-0.2, 0) is 16.1 Å². The molecule has 1 amide bonds. The van der Waals surface area contributed by atoms with Crippen molar-refractivity contribution in [3.8, 4) is 11.3 Å². The first-order chi connectivity index (χ1) is 12.0. The number of rotatable bonds is 5. The van der Waals surface area contributed by atoms with Crippen LogP contribution in [0.2, 0.25) is 0 Å². The van der Waals surface area contributed by atoms with E-state index in [2.05, 4.69) is 10.3 Å². The molecule has 25 heavy (non-hydrogen) atoms. The smallest absolute Gasteiger partial charge is 0.374 e. The zero-order valence-electron chi connectivity index (χ0n) is 13.1. The summed E-state index contributed by atoms with van der Waals surface area (Å²) in [7, 11) is 0. The van der Waals surface area contributed by atoms with Crippen LogP contribution < -0.4 is 5.32 Å². The molecule has 0 bridgehead atoms. The summed E-state index contributed by atoms with van der Waals surface area (Å²) in [6, 6.07) is 9.04. The van der Waals surface area contributed by atoms with Gasteiger partial charge in [0, 0.05) is 12.3 Å². The van der Waals surface area contributed by atoms with Gasteiger partial charge in [0.25, 0.3) is 0 Å². The minimum absolute atomic E-state index is 0.0319. The molecule has 0 aliphatic carbocycles. The molecule has 0 saturated heterocycles. The van der Waals surface area contributed by atoms with E-state index in [1.807, 2.05) is 0 Å². The fourth-order valence-corrected chi connectivity index (χ4v) is 2.79. The Hall–Kier alpha value is -3.00. The Labute approximate surface area is 146 Å². The van der Waals surface area contributed by atoms with Crippen molar-refractivity contribution in [1.82, 2.24) is 4.98 Å². The van der Waals surface area contributed by atoms with Gasteiger partial charge in [-0.1, -0.05) is 12.1 Å². The van der Waals surface area contributed by atoms with Crippen LogP contribution in [0.1, 0.15) is 23.2 Å². The summed E-state index contributed by atoms with van der Waals surface area (Å²) in [5, 5.41) is 4.65. The number of aromatic nitrogens is 1. The molecule has 1 aromatic carbocycles. The number of carbonyl (C=O) groups is 2. The number of ether oxygens (including phenoxy) is 1. The molecule has 0 aliphatic rings. The van der Waals surface area contributed by atoms with Gasteiger partial charge in [0.05, 0.1) is 11.3 Å². The lowest BCUT2D eigenvalue weighted by Crippen LogP contribution is -2.06. The first-order valence-corrected chi connectivity index (χ1v) is 8.15. The summed E-state index contributed by atoms with van der Waals surface area (Å²) in [5.74, 6) is -1.14. The predicted octanol–water partition coefficient (Wildman–Crippen LogP) is 3.86. The predicted molar refractivity (Wildman–Crippen MR) is 89.6 cm³/mol. The highest BCUT2D eigenvalue weighted by Crippen LogP contribution is 2.25. The van der Waals surface area contributed by atoms with Crippen LogP contribution in [0.25, 0.3) is 11.3 Å². The maximum absolute atomic E-state index is 13.7.